The van der Waals surface area contributed by atoms with Gasteiger partial charge in [-0.3, -0.25) is 9.59 Å². The van der Waals surface area contributed by atoms with Crippen molar-refractivity contribution in [3.63, 3.8) is 0 Å². The summed E-state index contributed by atoms with van der Waals surface area (Å²) in [7, 11) is 0. The van der Waals surface area contributed by atoms with Gasteiger partial charge in [0.15, 0.2) is 0 Å². The van der Waals surface area contributed by atoms with Crippen LogP contribution in [-0.2, 0) is 16.1 Å². The van der Waals surface area contributed by atoms with Gasteiger partial charge in [0, 0.05) is 11.0 Å². The van der Waals surface area contributed by atoms with Crippen LogP contribution in [0.5, 0.6) is 0 Å². The first-order valence-corrected chi connectivity index (χ1v) is 6.99. The van der Waals surface area contributed by atoms with E-state index in [1.54, 1.807) is 25.7 Å². The minimum absolute atomic E-state index is 0.0599. The molecule has 1 aliphatic heterocycles. The molecule has 5 heteroatoms. The molecule has 1 fully saturated rings. The standard InChI is InChI=1S/C14H17BrN2O2/c1-9-12(18)16-14(2,3)13(19)17(9)8-10-6-4-5-7-11(10)15/h4-7,9H,8H2,1-3H3,(H,16,18). The summed E-state index contributed by atoms with van der Waals surface area (Å²) in [6.07, 6.45) is 0. The summed E-state index contributed by atoms with van der Waals surface area (Å²) in [5.74, 6) is -0.174. The fraction of sp³-hybridized carbons (Fsp3) is 0.429. The summed E-state index contributed by atoms with van der Waals surface area (Å²) in [5, 5.41) is 2.74. The third-order valence-corrected chi connectivity index (χ3v) is 4.15. The number of benzene rings is 1. The quantitative estimate of drug-likeness (QED) is 0.905. The molecule has 1 aliphatic rings. The average molecular weight is 325 g/mol. The molecular formula is C14H17BrN2O2. The van der Waals surface area contributed by atoms with Gasteiger partial charge in [-0.2, -0.15) is 0 Å². The molecule has 1 unspecified atom stereocenters. The van der Waals surface area contributed by atoms with Crippen molar-refractivity contribution in [2.45, 2.75) is 38.9 Å². The summed E-state index contributed by atoms with van der Waals surface area (Å²) in [6.45, 7) is 5.63. The fourth-order valence-corrected chi connectivity index (χ4v) is 2.57. The number of nitrogens with one attached hydrogen (secondary N) is 1. The Hall–Kier alpha value is -1.36. The molecule has 4 nitrogen and oxygen atoms in total. The van der Waals surface area contributed by atoms with E-state index in [0.717, 1.165) is 10.0 Å². The summed E-state index contributed by atoms with van der Waals surface area (Å²) in [4.78, 5) is 26.0. The predicted molar refractivity (Wildman–Crippen MR) is 76.4 cm³/mol. The van der Waals surface area contributed by atoms with Crippen molar-refractivity contribution in [3.05, 3.63) is 34.3 Å². The van der Waals surface area contributed by atoms with Crippen LogP contribution in [0, 0.1) is 0 Å². The Labute approximate surface area is 121 Å². The Kier molecular flexibility index (Phi) is 3.67. The number of carbonyl (C=O) groups is 2. The summed E-state index contributed by atoms with van der Waals surface area (Å²) in [6, 6.07) is 7.27. The van der Waals surface area contributed by atoms with Crippen LogP contribution in [0.3, 0.4) is 0 Å². The monoisotopic (exact) mass is 324 g/mol. The lowest BCUT2D eigenvalue weighted by molar-refractivity contribution is -0.153. The number of halogens is 1. The zero-order valence-electron chi connectivity index (χ0n) is 11.2. The molecule has 0 bridgehead atoms. The number of hydrogen-bond acceptors (Lipinski definition) is 2. The van der Waals surface area contributed by atoms with Gasteiger partial charge in [-0.25, -0.2) is 0 Å². The summed E-state index contributed by atoms with van der Waals surface area (Å²) in [5.41, 5.74) is 0.151. The van der Waals surface area contributed by atoms with Gasteiger partial charge < -0.3 is 10.2 Å². The van der Waals surface area contributed by atoms with E-state index in [1.165, 1.54) is 0 Å². The zero-order valence-corrected chi connectivity index (χ0v) is 12.8. The smallest absolute Gasteiger partial charge is 0.248 e. The first-order chi connectivity index (χ1) is 8.83. The molecule has 102 valence electrons. The Morgan fingerprint density at radius 1 is 1.32 bits per heavy atom. The fourth-order valence-electron chi connectivity index (χ4n) is 2.16. The van der Waals surface area contributed by atoms with Gasteiger partial charge in [0.1, 0.15) is 11.6 Å². The lowest BCUT2D eigenvalue weighted by atomic mass is 9.97. The number of rotatable bonds is 2. The number of amides is 2. The largest absolute Gasteiger partial charge is 0.340 e. The maximum absolute atomic E-state index is 12.4. The Morgan fingerprint density at radius 2 is 1.95 bits per heavy atom. The molecule has 19 heavy (non-hydrogen) atoms. The summed E-state index contributed by atoms with van der Waals surface area (Å²) < 4.78 is 0.943. The molecule has 0 aromatic heterocycles. The van der Waals surface area contributed by atoms with Gasteiger partial charge in [-0.15, -0.1) is 0 Å². The second kappa shape index (κ2) is 4.96. The number of piperazine rings is 1. The predicted octanol–water partition coefficient (Wildman–Crippen LogP) is 2.07. The van der Waals surface area contributed by atoms with Crippen LogP contribution in [0.25, 0.3) is 0 Å². The zero-order chi connectivity index (χ0) is 14.2. The highest BCUT2D eigenvalue weighted by Crippen LogP contribution is 2.23. The van der Waals surface area contributed by atoms with Gasteiger partial charge >= 0.3 is 0 Å². The minimum atomic E-state index is -0.842. The van der Waals surface area contributed by atoms with E-state index in [2.05, 4.69) is 21.2 Å². The van der Waals surface area contributed by atoms with Crippen LogP contribution < -0.4 is 5.32 Å². The summed E-state index contributed by atoms with van der Waals surface area (Å²) >= 11 is 3.47. The lowest BCUT2D eigenvalue weighted by Gasteiger charge is -2.41. The normalized spacial score (nSPS) is 22.3. The first-order valence-electron chi connectivity index (χ1n) is 6.19. The Morgan fingerprint density at radius 3 is 2.58 bits per heavy atom. The molecule has 2 rings (SSSR count). The van der Waals surface area contributed by atoms with Gasteiger partial charge in [-0.05, 0) is 32.4 Å². The first kappa shape index (κ1) is 14.1. The van der Waals surface area contributed by atoms with E-state index in [0.29, 0.717) is 6.54 Å². The maximum Gasteiger partial charge on any atom is 0.248 e. The van der Waals surface area contributed by atoms with Crippen molar-refractivity contribution in [1.82, 2.24) is 10.2 Å². The second-order valence-corrected chi connectivity index (χ2v) is 6.17. The number of hydrogen-bond donors (Lipinski definition) is 1. The van der Waals surface area contributed by atoms with Gasteiger partial charge in [0.05, 0.1) is 0 Å². The van der Waals surface area contributed by atoms with E-state index in [4.69, 9.17) is 0 Å². The highest BCUT2D eigenvalue weighted by Gasteiger charge is 2.43. The van der Waals surface area contributed by atoms with Crippen molar-refractivity contribution in [2.24, 2.45) is 0 Å². The van der Waals surface area contributed by atoms with Crippen molar-refractivity contribution in [1.29, 1.82) is 0 Å². The van der Waals surface area contributed by atoms with Gasteiger partial charge in [0.2, 0.25) is 11.8 Å². The molecule has 1 aromatic carbocycles. The van der Waals surface area contributed by atoms with E-state index in [9.17, 15) is 9.59 Å². The molecular weight excluding hydrogens is 308 g/mol. The lowest BCUT2D eigenvalue weighted by Crippen LogP contribution is -2.66. The average Bonchev–Trinajstić information content (AvgIpc) is 2.34. The Balaban J connectivity index is 2.29. The van der Waals surface area contributed by atoms with Crippen molar-refractivity contribution >= 4 is 27.7 Å². The molecule has 0 spiro atoms. The highest BCUT2D eigenvalue weighted by molar-refractivity contribution is 9.10. The molecule has 1 N–H and O–H groups in total. The molecule has 1 saturated heterocycles. The number of carbonyl (C=O) groups excluding carboxylic acids is 2. The third-order valence-electron chi connectivity index (χ3n) is 3.38. The topological polar surface area (TPSA) is 49.4 Å². The molecule has 1 heterocycles. The maximum atomic E-state index is 12.4. The minimum Gasteiger partial charge on any atom is -0.340 e. The molecule has 0 aliphatic carbocycles. The van der Waals surface area contributed by atoms with E-state index in [1.807, 2.05) is 24.3 Å². The Bertz CT molecular complexity index is 528. The van der Waals surface area contributed by atoms with Crippen LogP contribution in [-0.4, -0.2) is 28.3 Å². The van der Waals surface area contributed by atoms with Crippen molar-refractivity contribution < 1.29 is 9.59 Å². The van der Waals surface area contributed by atoms with Gasteiger partial charge in [-0.1, -0.05) is 34.1 Å². The van der Waals surface area contributed by atoms with Crippen LogP contribution in [0.15, 0.2) is 28.7 Å². The van der Waals surface area contributed by atoms with Crippen LogP contribution >= 0.6 is 15.9 Å². The van der Waals surface area contributed by atoms with Crippen LogP contribution in [0.1, 0.15) is 26.3 Å². The third kappa shape index (κ3) is 2.66. The highest BCUT2D eigenvalue weighted by atomic mass is 79.9. The molecule has 2 amide bonds. The SMILES string of the molecule is CC1C(=O)NC(C)(C)C(=O)N1Cc1ccccc1Br. The van der Waals surface area contributed by atoms with Crippen molar-refractivity contribution in [3.8, 4) is 0 Å². The molecule has 0 saturated carbocycles. The van der Waals surface area contributed by atoms with Crippen LogP contribution in [0.4, 0.5) is 0 Å². The second-order valence-electron chi connectivity index (χ2n) is 5.31. The molecule has 0 radical (unpaired) electrons. The molecule has 1 atom stereocenters. The van der Waals surface area contributed by atoms with E-state index in [-0.39, 0.29) is 11.8 Å². The van der Waals surface area contributed by atoms with Crippen LogP contribution in [0.2, 0.25) is 0 Å². The van der Waals surface area contributed by atoms with E-state index >= 15 is 0 Å². The van der Waals surface area contributed by atoms with Crippen molar-refractivity contribution in [2.75, 3.05) is 0 Å². The van der Waals surface area contributed by atoms with Gasteiger partial charge in [0.25, 0.3) is 0 Å². The van der Waals surface area contributed by atoms with E-state index < -0.39 is 11.6 Å². The number of nitrogens with zero attached hydrogens (tertiary/aromatic N) is 1. The molecule has 1 aromatic rings.